The lowest BCUT2D eigenvalue weighted by atomic mass is 10.1. The first-order valence-electron chi connectivity index (χ1n) is 7.43. The summed E-state index contributed by atoms with van der Waals surface area (Å²) in [4.78, 5) is 36.3. The van der Waals surface area contributed by atoms with Gasteiger partial charge in [0.15, 0.2) is 12.4 Å². The number of hydrogen-bond donors (Lipinski definition) is 1. The van der Waals surface area contributed by atoms with Gasteiger partial charge in [0.25, 0.3) is 0 Å². The molecule has 0 radical (unpaired) electrons. The van der Waals surface area contributed by atoms with Crippen molar-refractivity contribution in [1.29, 1.82) is 0 Å². The average molecular weight is 440 g/mol. The number of carbonyl (C=O) groups is 3. The molecule has 0 saturated carbocycles. The van der Waals surface area contributed by atoms with E-state index in [1.165, 1.54) is 36.9 Å². The Bertz CT molecular complexity index is 872. The maximum atomic E-state index is 13.7. The standard InChI is InChI=1S/C18H15BrFNO4S/c1-10(22)21-15-7-11(3-6-17(15)26-2)16(23)9-25-18(24)13-5-4-12(19)8-14(13)20/h3-8H,9H2,1-2H3,(H,21,22). The molecular formula is C18H15BrFNO4S. The fraction of sp³-hybridized carbons (Fsp3) is 0.167. The number of benzene rings is 2. The van der Waals surface area contributed by atoms with E-state index in [1.807, 2.05) is 6.26 Å². The number of halogens is 2. The third-order valence-corrected chi connectivity index (χ3v) is 4.61. The molecule has 26 heavy (non-hydrogen) atoms. The number of rotatable bonds is 6. The molecule has 0 aliphatic carbocycles. The highest BCUT2D eigenvalue weighted by Crippen LogP contribution is 2.26. The zero-order chi connectivity index (χ0) is 19.3. The van der Waals surface area contributed by atoms with Crippen molar-refractivity contribution in [3.05, 3.63) is 57.8 Å². The summed E-state index contributed by atoms with van der Waals surface area (Å²) >= 11 is 4.51. The predicted molar refractivity (Wildman–Crippen MR) is 101 cm³/mol. The molecule has 0 aromatic heterocycles. The number of carbonyl (C=O) groups excluding carboxylic acids is 3. The second kappa shape index (κ2) is 8.95. The van der Waals surface area contributed by atoms with Gasteiger partial charge in [0.2, 0.25) is 5.91 Å². The molecule has 2 aromatic rings. The molecule has 1 amide bonds. The zero-order valence-corrected chi connectivity index (χ0v) is 16.4. The molecule has 0 atom stereocenters. The van der Waals surface area contributed by atoms with Gasteiger partial charge in [0.1, 0.15) is 5.82 Å². The van der Waals surface area contributed by atoms with Crippen molar-refractivity contribution >= 4 is 51.0 Å². The van der Waals surface area contributed by atoms with Crippen LogP contribution in [0, 0.1) is 5.82 Å². The van der Waals surface area contributed by atoms with Gasteiger partial charge in [-0.05, 0) is 36.6 Å². The van der Waals surface area contributed by atoms with E-state index in [9.17, 15) is 18.8 Å². The van der Waals surface area contributed by atoms with Crippen molar-refractivity contribution < 1.29 is 23.5 Å². The van der Waals surface area contributed by atoms with Gasteiger partial charge in [-0.1, -0.05) is 22.0 Å². The van der Waals surface area contributed by atoms with E-state index < -0.39 is 24.2 Å². The van der Waals surface area contributed by atoms with Crippen LogP contribution < -0.4 is 5.32 Å². The van der Waals surface area contributed by atoms with Crippen LogP contribution in [0.5, 0.6) is 0 Å². The minimum absolute atomic E-state index is 0.252. The molecular weight excluding hydrogens is 425 g/mol. The Hall–Kier alpha value is -2.19. The molecule has 5 nitrogen and oxygen atoms in total. The summed E-state index contributed by atoms with van der Waals surface area (Å²) in [7, 11) is 0. The van der Waals surface area contributed by atoms with Gasteiger partial charge in [-0.15, -0.1) is 11.8 Å². The van der Waals surface area contributed by atoms with E-state index in [0.717, 1.165) is 11.0 Å². The van der Waals surface area contributed by atoms with Crippen LogP contribution in [0.3, 0.4) is 0 Å². The molecule has 0 unspecified atom stereocenters. The van der Waals surface area contributed by atoms with Gasteiger partial charge >= 0.3 is 5.97 Å². The van der Waals surface area contributed by atoms with Crippen LogP contribution in [-0.2, 0) is 9.53 Å². The van der Waals surface area contributed by atoms with Crippen molar-refractivity contribution in [3.8, 4) is 0 Å². The molecule has 0 bridgehead atoms. The smallest absolute Gasteiger partial charge is 0.341 e. The van der Waals surface area contributed by atoms with Gasteiger partial charge in [-0.25, -0.2) is 9.18 Å². The number of Topliss-reactive ketones (excluding diaryl/α,β-unsaturated/α-hetero) is 1. The summed E-state index contributed by atoms with van der Waals surface area (Å²) in [6.45, 7) is 0.833. The first-order valence-corrected chi connectivity index (χ1v) is 9.44. The normalized spacial score (nSPS) is 10.3. The fourth-order valence-corrected chi connectivity index (χ4v) is 2.98. The van der Waals surface area contributed by atoms with Crippen molar-refractivity contribution in [2.45, 2.75) is 11.8 Å². The second-order valence-corrected chi connectivity index (χ2v) is 6.98. The first-order chi connectivity index (χ1) is 12.3. The number of anilines is 1. The Kier molecular flexibility index (Phi) is 6.93. The van der Waals surface area contributed by atoms with E-state index in [0.29, 0.717) is 10.2 Å². The van der Waals surface area contributed by atoms with Crippen LogP contribution in [-0.4, -0.2) is 30.5 Å². The van der Waals surface area contributed by atoms with E-state index in [2.05, 4.69) is 21.2 Å². The number of esters is 1. The van der Waals surface area contributed by atoms with E-state index in [1.54, 1.807) is 12.1 Å². The van der Waals surface area contributed by atoms with Gasteiger partial charge < -0.3 is 10.1 Å². The highest BCUT2D eigenvalue weighted by atomic mass is 79.9. The molecule has 136 valence electrons. The third kappa shape index (κ3) is 5.15. The van der Waals surface area contributed by atoms with Gasteiger partial charge in [0, 0.05) is 21.9 Å². The number of hydrogen-bond acceptors (Lipinski definition) is 5. The Balaban J connectivity index is 2.09. The number of amides is 1. The fourth-order valence-electron chi connectivity index (χ4n) is 2.12. The quantitative estimate of drug-likeness (QED) is 0.412. The Morgan fingerprint density at radius 2 is 1.92 bits per heavy atom. The monoisotopic (exact) mass is 439 g/mol. The SMILES string of the molecule is CSc1ccc(C(=O)COC(=O)c2ccc(Br)cc2F)cc1NC(C)=O. The largest absolute Gasteiger partial charge is 0.454 e. The van der Waals surface area contributed by atoms with E-state index in [-0.39, 0.29) is 17.0 Å². The molecule has 0 fully saturated rings. The highest BCUT2D eigenvalue weighted by Gasteiger charge is 2.17. The summed E-state index contributed by atoms with van der Waals surface area (Å²) in [6.07, 6.45) is 1.84. The van der Waals surface area contributed by atoms with Gasteiger partial charge in [0.05, 0.1) is 11.3 Å². The minimum atomic E-state index is -0.925. The first kappa shape index (κ1) is 20.1. The van der Waals surface area contributed by atoms with Crippen molar-refractivity contribution in [1.82, 2.24) is 0 Å². The summed E-state index contributed by atoms with van der Waals surface area (Å²) in [5.41, 5.74) is 0.523. The number of ketones is 1. The van der Waals surface area contributed by atoms with Crippen molar-refractivity contribution in [2.75, 3.05) is 18.2 Å². The molecule has 0 spiro atoms. The molecule has 2 rings (SSSR count). The Labute approximate surface area is 162 Å². The van der Waals surface area contributed by atoms with Crippen LogP contribution in [0.1, 0.15) is 27.6 Å². The lowest BCUT2D eigenvalue weighted by molar-refractivity contribution is -0.114. The summed E-state index contributed by atoms with van der Waals surface area (Å²) in [6, 6.07) is 8.70. The average Bonchev–Trinajstić information content (AvgIpc) is 2.58. The van der Waals surface area contributed by atoms with Crippen LogP contribution in [0.15, 0.2) is 45.8 Å². The van der Waals surface area contributed by atoms with Crippen molar-refractivity contribution in [2.24, 2.45) is 0 Å². The van der Waals surface area contributed by atoms with E-state index >= 15 is 0 Å². The van der Waals surface area contributed by atoms with E-state index in [4.69, 9.17) is 4.74 Å². The number of thioether (sulfide) groups is 1. The molecule has 0 aliphatic heterocycles. The maximum absolute atomic E-state index is 13.7. The Morgan fingerprint density at radius 1 is 1.19 bits per heavy atom. The predicted octanol–water partition coefficient (Wildman–Crippen LogP) is 4.31. The van der Waals surface area contributed by atoms with Crippen LogP contribution >= 0.6 is 27.7 Å². The lowest BCUT2D eigenvalue weighted by Gasteiger charge is -2.10. The lowest BCUT2D eigenvalue weighted by Crippen LogP contribution is -2.16. The molecule has 0 aliphatic rings. The van der Waals surface area contributed by atoms with Gasteiger partial charge in [-0.3, -0.25) is 9.59 Å². The summed E-state index contributed by atoms with van der Waals surface area (Å²) in [5.74, 6) is -2.39. The van der Waals surface area contributed by atoms with Crippen molar-refractivity contribution in [3.63, 3.8) is 0 Å². The third-order valence-electron chi connectivity index (χ3n) is 3.32. The Morgan fingerprint density at radius 3 is 2.54 bits per heavy atom. The molecule has 0 heterocycles. The topological polar surface area (TPSA) is 72.5 Å². The number of nitrogens with one attached hydrogen (secondary N) is 1. The van der Waals surface area contributed by atoms with Crippen LogP contribution in [0.4, 0.5) is 10.1 Å². The molecule has 8 heteroatoms. The zero-order valence-electron chi connectivity index (χ0n) is 14.0. The summed E-state index contributed by atoms with van der Waals surface area (Å²) < 4.78 is 19.1. The molecule has 0 saturated heterocycles. The summed E-state index contributed by atoms with van der Waals surface area (Å²) in [5, 5.41) is 2.65. The molecule has 2 aromatic carbocycles. The van der Waals surface area contributed by atoms with Crippen LogP contribution in [0.25, 0.3) is 0 Å². The maximum Gasteiger partial charge on any atom is 0.341 e. The minimum Gasteiger partial charge on any atom is -0.454 e. The number of ether oxygens (including phenoxy) is 1. The highest BCUT2D eigenvalue weighted by molar-refractivity contribution is 9.10. The molecule has 1 N–H and O–H groups in total. The van der Waals surface area contributed by atoms with Crippen LogP contribution in [0.2, 0.25) is 0 Å². The van der Waals surface area contributed by atoms with Gasteiger partial charge in [-0.2, -0.15) is 0 Å². The second-order valence-electron chi connectivity index (χ2n) is 5.22.